The molecule has 0 radical (unpaired) electrons. The summed E-state index contributed by atoms with van der Waals surface area (Å²) in [6.07, 6.45) is 0. The summed E-state index contributed by atoms with van der Waals surface area (Å²) < 4.78 is 0. The topological polar surface area (TPSA) is 12.0 Å². The molecule has 0 heterocycles. The zero-order valence-corrected chi connectivity index (χ0v) is 12.7. The van der Waals surface area contributed by atoms with Gasteiger partial charge in [0, 0.05) is 6.54 Å². The van der Waals surface area contributed by atoms with E-state index in [1.54, 1.807) is 0 Å². The van der Waals surface area contributed by atoms with Gasteiger partial charge in [0.15, 0.2) is 0 Å². The van der Waals surface area contributed by atoms with Crippen molar-refractivity contribution in [2.75, 3.05) is 5.32 Å². The summed E-state index contributed by atoms with van der Waals surface area (Å²) in [5, 5.41) is 4.21. The van der Waals surface area contributed by atoms with Gasteiger partial charge in [-0.3, -0.25) is 0 Å². The molecule has 0 atom stereocenters. The molecule has 0 saturated carbocycles. The van der Waals surface area contributed by atoms with Crippen molar-refractivity contribution in [1.29, 1.82) is 0 Å². The molecule has 0 fully saturated rings. The molecule has 2 aromatic rings. The third kappa shape index (κ3) is 3.30. The molecule has 0 aromatic heterocycles. The van der Waals surface area contributed by atoms with Gasteiger partial charge in [0.1, 0.15) is 0 Å². The fourth-order valence-corrected chi connectivity index (χ4v) is 2.63. The van der Waals surface area contributed by atoms with Gasteiger partial charge in [0.05, 0.1) is 10.7 Å². The van der Waals surface area contributed by atoms with Gasteiger partial charge in [-0.2, -0.15) is 0 Å². The predicted molar refractivity (Wildman–Crippen MR) is 84.2 cm³/mol. The molecule has 0 amide bonds. The first-order valence-electron chi connectivity index (χ1n) is 6.54. The third-order valence-electron chi connectivity index (χ3n) is 3.42. The van der Waals surface area contributed by atoms with E-state index in [9.17, 15) is 0 Å². The zero-order valence-electron chi connectivity index (χ0n) is 12.0. The van der Waals surface area contributed by atoms with Crippen molar-refractivity contribution in [1.82, 2.24) is 0 Å². The average molecular weight is 274 g/mol. The van der Waals surface area contributed by atoms with Crippen LogP contribution in [-0.4, -0.2) is 0 Å². The number of halogens is 1. The highest BCUT2D eigenvalue weighted by atomic mass is 35.5. The van der Waals surface area contributed by atoms with Gasteiger partial charge in [0.25, 0.3) is 0 Å². The van der Waals surface area contributed by atoms with Crippen LogP contribution >= 0.6 is 11.6 Å². The van der Waals surface area contributed by atoms with E-state index in [1.807, 2.05) is 12.1 Å². The quantitative estimate of drug-likeness (QED) is 0.812. The monoisotopic (exact) mass is 273 g/mol. The van der Waals surface area contributed by atoms with Gasteiger partial charge in [-0.05, 0) is 62.1 Å². The van der Waals surface area contributed by atoms with Crippen molar-refractivity contribution in [3.05, 3.63) is 63.2 Å². The van der Waals surface area contributed by atoms with Crippen LogP contribution in [0.5, 0.6) is 0 Å². The van der Waals surface area contributed by atoms with Crippen molar-refractivity contribution in [2.24, 2.45) is 0 Å². The number of rotatable bonds is 3. The Bertz CT molecular complexity index is 579. The Morgan fingerprint density at radius 3 is 2.16 bits per heavy atom. The van der Waals surface area contributed by atoms with Crippen molar-refractivity contribution in [3.8, 4) is 0 Å². The van der Waals surface area contributed by atoms with Crippen LogP contribution in [-0.2, 0) is 6.54 Å². The highest BCUT2D eigenvalue weighted by Gasteiger charge is 2.05. The summed E-state index contributed by atoms with van der Waals surface area (Å²) in [7, 11) is 0. The molecule has 1 N–H and O–H groups in total. The summed E-state index contributed by atoms with van der Waals surface area (Å²) >= 11 is 6.20. The number of anilines is 1. The standard InChI is InChI=1S/C17H20ClN/c1-11-5-6-16(18)17(9-11)19-10-15-13(3)7-12(2)8-14(15)4/h5-9,19H,10H2,1-4H3. The van der Waals surface area contributed by atoms with Crippen molar-refractivity contribution < 1.29 is 0 Å². The number of hydrogen-bond donors (Lipinski definition) is 1. The third-order valence-corrected chi connectivity index (χ3v) is 3.75. The predicted octanol–water partition coefficient (Wildman–Crippen LogP) is 5.19. The van der Waals surface area contributed by atoms with Crippen LogP contribution in [0.1, 0.15) is 27.8 Å². The Hall–Kier alpha value is -1.47. The smallest absolute Gasteiger partial charge is 0.0637 e. The number of aryl methyl sites for hydroxylation is 4. The Morgan fingerprint density at radius 2 is 1.53 bits per heavy atom. The molecule has 0 unspecified atom stereocenters. The minimum atomic E-state index is 0.771. The van der Waals surface area contributed by atoms with Crippen LogP contribution in [0.2, 0.25) is 5.02 Å². The van der Waals surface area contributed by atoms with Crippen LogP contribution in [0.3, 0.4) is 0 Å². The molecule has 0 aliphatic heterocycles. The highest BCUT2D eigenvalue weighted by molar-refractivity contribution is 6.33. The van der Waals surface area contributed by atoms with Crippen LogP contribution < -0.4 is 5.32 Å². The van der Waals surface area contributed by atoms with E-state index in [1.165, 1.54) is 27.8 Å². The molecule has 1 nitrogen and oxygen atoms in total. The van der Waals surface area contributed by atoms with Crippen molar-refractivity contribution in [3.63, 3.8) is 0 Å². The van der Waals surface area contributed by atoms with E-state index in [4.69, 9.17) is 11.6 Å². The summed E-state index contributed by atoms with van der Waals surface area (Å²) in [4.78, 5) is 0. The average Bonchev–Trinajstić information content (AvgIpc) is 2.32. The lowest BCUT2D eigenvalue weighted by molar-refractivity contribution is 1.08. The summed E-state index contributed by atoms with van der Waals surface area (Å²) in [5.74, 6) is 0. The van der Waals surface area contributed by atoms with Crippen LogP contribution in [0.15, 0.2) is 30.3 Å². The lowest BCUT2D eigenvalue weighted by atomic mass is 10.00. The normalized spacial score (nSPS) is 10.6. The number of hydrogen-bond acceptors (Lipinski definition) is 1. The second-order valence-electron chi connectivity index (χ2n) is 5.21. The van der Waals surface area contributed by atoms with E-state index in [2.05, 4.69) is 51.2 Å². The largest absolute Gasteiger partial charge is 0.380 e. The van der Waals surface area contributed by atoms with Crippen molar-refractivity contribution in [2.45, 2.75) is 34.2 Å². The summed E-state index contributed by atoms with van der Waals surface area (Å²) in [6, 6.07) is 10.5. The Kier molecular flexibility index (Phi) is 4.16. The van der Waals surface area contributed by atoms with Gasteiger partial charge in [-0.15, -0.1) is 0 Å². The highest BCUT2D eigenvalue weighted by Crippen LogP contribution is 2.24. The fourth-order valence-electron chi connectivity index (χ4n) is 2.45. The van der Waals surface area contributed by atoms with Crippen LogP contribution in [0, 0.1) is 27.7 Å². The minimum absolute atomic E-state index is 0.771. The first-order chi connectivity index (χ1) is 8.97. The van der Waals surface area contributed by atoms with Gasteiger partial charge < -0.3 is 5.32 Å². The van der Waals surface area contributed by atoms with E-state index < -0.39 is 0 Å². The fraction of sp³-hybridized carbons (Fsp3) is 0.294. The van der Waals surface area contributed by atoms with Gasteiger partial charge >= 0.3 is 0 Å². The van der Waals surface area contributed by atoms with Gasteiger partial charge in [0.2, 0.25) is 0 Å². The molecule has 0 aliphatic carbocycles. The molecule has 0 aliphatic rings. The molecular weight excluding hydrogens is 254 g/mol. The Morgan fingerprint density at radius 1 is 0.895 bits per heavy atom. The second kappa shape index (κ2) is 5.66. The van der Waals surface area contributed by atoms with E-state index in [-0.39, 0.29) is 0 Å². The maximum absolute atomic E-state index is 6.20. The molecule has 100 valence electrons. The summed E-state index contributed by atoms with van der Waals surface area (Å²) in [5.41, 5.74) is 7.53. The van der Waals surface area contributed by atoms with Gasteiger partial charge in [-0.1, -0.05) is 35.4 Å². The van der Waals surface area contributed by atoms with Gasteiger partial charge in [-0.25, -0.2) is 0 Å². The molecule has 2 aromatic carbocycles. The van der Waals surface area contributed by atoms with Crippen LogP contribution in [0.4, 0.5) is 5.69 Å². The molecule has 0 spiro atoms. The maximum atomic E-state index is 6.20. The van der Waals surface area contributed by atoms with Crippen LogP contribution in [0.25, 0.3) is 0 Å². The molecule has 0 saturated heterocycles. The Balaban J connectivity index is 2.21. The molecule has 2 rings (SSSR count). The van der Waals surface area contributed by atoms with E-state index in [0.29, 0.717) is 0 Å². The summed E-state index contributed by atoms with van der Waals surface area (Å²) in [6.45, 7) is 9.34. The lowest BCUT2D eigenvalue weighted by Gasteiger charge is -2.14. The molecule has 0 bridgehead atoms. The lowest BCUT2D eigenvalue weighted by Crippen LogP contribution is -2.04. The van der Waals surface area contributed by atoms with E-state index in [0.717, 1.165) is 17.3 Å². The molecule has 19 heavy (non-hydrogen) atoms. The van der Waals surface area contributed by atoms with E-state index >= 15 is 0 Å². The zero-order chi connectivity index (χ0) is 14.0. The SMILES string of the molecule is Cc1cc(C)c(CNc2cc(C)ccc2Cl)c(C)c1. The Labute approximate surface area is 120 Å². The second-order valence-corrected chi connectivity index (χ2v) is 5.62. The molecular formula is C17H20ClN. The minimum Gasteiger partial charge on any atom is -0.380 e. The van der Waals surface area contributed by atoms with Crippen molar-refractivity contribution >= 4 is 17.3 Å². The number of nitrogens with one attached hydrogen (secondary N) is 1. The first-order valence-corrected chi connectivity index (χ1v) is 6.92. The maximum Gasteiger partial charge on any atom is 0.0637 e. The molecule has 2 heteroatoms. The number of benzene rings is 2. The first kappa shape index (κ1) is 14.0.